The third-order valence-electron chi connectivity index (χ3n) is 13.3. The minimum absolute atomic E-state index is 0.778. The molecule has 10 fully saturated rings. The van der Waals surface area contributed by atoms with Gasteiger partial charge in [-0.25, -0.2) is 0 Å². The number of allylic oxidation sites excluding steroid dienone is 2. The van der Waals surface area contributed by atoms with Crippen LogP contribution in [0, 0.1) is 69.5 Å². The summed E-state index contributed by atoms with van der Waals surface area (Å²) in [5.74, 6) is 10.3. The van der Waals surface area contributed by atoms with Crippen LogP contribution in [0.2, 0.25) is 0 Å². The molecule has 132 valence electrons. The normalized spacial score (nSPS) is 74.6. The molecule has 12 aliphatic rings. The molecule has 0 radical (unpaired) electrons. The summed E-state index contributed by atoms with van der Waals surface area (Å²) >= 11 is 0. The lowest BCUT2D eigenvalue weighted by Gasteiger charge is -2.68. The van der Waals surface area contributed by atoms with Crippen LogP contribution in [0.4, 0.5) is 0 Å². The van der Waals surface area contributed by atoms with Crippen molar-refractivity contribution in [2.24, 2.45) is 69.5 Å². The van der Waals surface area contributed by atoms with Crippen molar-refractivity contribution >= 4 is 0 Å². The van der Waals surface area contributed by atoms with E-state index in [1.54, 1.807) is 70.6 Å². The Morgan fingerprint density at radius 1 is 0.680 bits per heavy atom. The molecule has 0 heterocycles. The lowest BCUT2D eigenvalue weighted by atomic mass is 9.36. The summed E-state index contributed by atoms with van der Waals surface area (Å²) in [5, 5.41) is 0. The molecule has 0 aliphatic heterocycles. The summed E-state index contributed by atoms with van der Waals surface area (Å²) in [6.07, 6.45) is 21.0. The smallest absolute Gasteiger partial charge is 0.00173 e. The quantitative estimate of drug-likeness (QED) is 0.489. The fourth-order valence-corrected chi connectivity index (χ4v) is 13.1. The van der Waals surface area contributed by atoms with E-state index in [4.69, 9.17) is 0 Å². The summed E-state index contributed by atoms with van der Waals surface area (Å²) in [4.78, 5) is 0. The van der Waals surface area contributed by atoms with Crippen molar-refractivity contribution < 1.29 is 0 Å². The fourth-order valence-electron chi connectivity index (χ4n) is 13.1. The van der Waals surface area contributed by atoms with E-state index in [9.17, 15) is 0 Å². The number of fused-ring (bicyclic) bond motifs is 6. The molecule has 0 N–H and O–H groups in total. The monoisotopic (exact) mass is 332 g/mol. The highest BCUT2D eigenvalue weighted by molar-refractivity contribution is 5.42. The molecule has 12 aliphatic carbocycles. The fraction of sp³-hybridized carbons (Fsp3) is 0.920. The van der Waals surface area contributed by atoms with Gasteiger partial charge < -0.3 is 0 Å². The zero-order chi connectivity index (χ0) is 15.8. The maximum absolute atomic E-state index is 2.85. The van der Waals surface area contributed by atoms with Gasteiger partial charge in [-0.3, -0.25) is 0 Å². The standard InChI is InChI=1S/C25H32/c1-2-17-19-9-20(25(17)10-14-7-13(1)8-18(14)25)16-4-6-23-5-3-15-21(23)11-24(16,19)12-22(15)23/h8,13-17,19-22H,1-7,9-12H2. The van der Waals surface area contributed by atoms with Gasteiger partial charge in [0.25, 0.3) is 0 Å². The minimum atomic E-state index is 0.778. The van der Waals surface area contributed by atoms with Crippen LogP contribution in [-0.2, 0) is 0 Å². The Morgan fingerprint density at radius 3 is 2.48 bits per heavy atom. The Kier molecular flexibility index (Phi) is 1.79. The Balaban J connectivity index is 1.22. The van der Waals surface area contributed by atoms with Gasteiger partial charge in [-0.2, -0.15) is 0 Å². The topological polar surface area (TPSA) is 0 Å². The molecule has 10 saturated carbocycles. The lowest BCUT2D eigenvalue weighted by molar-refractivity contribution is -0.186. The van der Waals surface area contributed by atoms with Crippen molar-refractivity contribution in [3.05, 3.63) is 11.6 Å². The Bertz CT molecular complexity index is 744. The molecule has 0 heteroatoms. The maximum atomic E-state index is 2.85. The summed E-state index contributed by atoms with van der Waals surface area (Å²) in [6.45, 7) is 0. The third-order valence-corrected chi connectivity index (χ3v) is 13.3. The van der Waals surface area contributed by atoms with E-state index in [0.29, 0.717) is 0 Å². The predicted molar refractivity (Wildman–Crippen MR) is 97.6 cm³/mol. The molecule has 0 aromatic rings. The molecular weight excluding hydrogens is 300 g/mol. The second-order valence-corrected chi connectivity index (χ2v) is 12.6. The number of rotatable bonds is 0. The van der Waals surface area contributed by atoms with Gasteiger partial charge in [0.2, 0.25) is 0 Å². The summed E-state index contributed by atoms with van der Waals surface area (Å²) in [7, 11) is 0. The second-order valence-electron chi connectivity index (χ2n) is 12.6. The molecule has 0 aromatic carbocycles. The molecule has 12 rings (SSSR count). The van der Waals surface area contributed by atoms with Crippen molar-refractivity contribution in [3.8, 4) is 0 Å². The Morgan fingerprint density at radius 2 is 1.56 bits per heavy atom. The van der Waals surface area contributed by atoms with E-state index in [1.165, 1.54) is 29.6 Å². The van der Waals surface area contributed by atoms with Gasteiger partial charge in [-0.05, 0) is 140 Å². The van der Waals surface area contributed by atoms with Crippen molar-refractivity contribution in [2.45, 2.75) is 70.6 Å². The molecular formula is C25H32. The van der Waals surface area contributed by atoms with Crippen LogP contribution in [-0.4, -0.2) is 0 Å². The first-order valence-corrected chi connectivity index (χ1v) is 12.0. The maximum Gasteiger partial charge on any atom is -0.00173 e. The van der Waals surface area contributed by atoms with Gasteiger partial charge in [-0.1, -0.05) is 11.6 Å². The number of hydrogen-bond acceptors (Lipinski definition) is 0. The molecule has 25 heavy (non-hydrogen) atoms. The summed E-state index contributed by atoms with van der Waals surface area (Å²) in [5.41, 5.74) is 4.61. The van der Waals surface area contributed by atoms with Crippen LogP contribution in [0.5, 0.6) is 0 Å². The lowest BCUT2D eigenvalue weighted by Crippen LogP contribution is -2.62. The zero-order valence-electron chi connectivity index (χ0n) is 15.6. The SMILES string of the molecule is C1=C2C3CC1CCC1C4CC(C5CCC67CCC8C6CC45CC87)C21C3. The van der Waals surface area contributed by atoms with Crippen LogP contribution < -0.4 is 0 Å². The highest BCUT2D eigenvalue weighted by Crippen LogP contribution is 2.89. The van der Waals surface area contributed by atoms with Crippen LogP contribution in [0.15, 0.2) is 11.6 Å². The Hall–Kier alpha value is -0.260. The summed E-state index contributed by atoms with van der Waals surface area (Å²) < 4.78 is 0. The second kappa shape index (κ2) is 3.44. The summed E-state index contributed by atoms with van der Waals surface area (Å²) in [6, 6.07) is 0. The predicted octanol–water partition coefficient (Wildman–Crippen LogP) is 5.83. The third kappa shape index (κ3) is 1.00. The molecule has 0 nitrogen and oxygen atoms in total. The van der Waals surface area contributed by atoms with E-state index >= 15 is 0 Å². The van der Waals surface area contributed by atoms with E-state index in [-0.39, 0.29) is 0 Å². The van der Waals surface area contributed by atoms with E-state index in [2.05, 4.69) is 11.6 Å². The highest BCUT2D eigenvalue weighted by atomic mass is 14.9. The molecule has 9 unspecified atom stereocenters. The molecule has 9 bridgehead atoms. The van der Waals surface area contributed by atoms with Gasteiger partial charge in [0.05, 0.1) is 0 Å². The van der Waals surface area contributed by atoms with Crippen LogP contribution in [0.1, 0.15) is 70.6 Å². The van der Waals surface area contributed by atoms with Gasteiger partial charge in [0, 0.05) is 0 Å². The molecule has 0 amide bonds. The average Bonchev–Trinajstić information content (AvgIpc) is 3.32. The van der Waals surface area contributed by atoms with Crippen molar-refractivity contribution in [1.82, 2.24) is 0 Å². The average molecular weight is 333 g/mol. The first-order chi connectivity index (χ1) is 12.3. The largest absolute Gasteiger partial charge is 0.0813 e. The number of hydrogen-bond donors (Lipinski definition) is 0. The zero-order valence-corrected chi connectivity index (χ0v) is 15.6. The first kappa shape index (κ1) is 13.0. The van der Waals surface area contributed by atoms with Gasteiger partial charge in [-0.15, -0.1) is 0 Å². The highest BCUT2D eigenvalue weighted by Gasteiger charge is 2.81. The van der Waals surface area contributed by atoms with Crippen LogP contribution in [0.25, 0.3) is 0 Å². The van der Waals surface area contributed by atoms with Crippen LogP contribution in [0.3, 0.4) is 0 Å². The minimum Gasteiger partial charge on any atom is -0.0813 e. The molecule has 3 spiro atoms. The van der Waals surface area contributed by atoms with Crippen molar-refractivity contribution in [1.29, 1.82) is 0 Å². The van der Waals surface area contributed by atoms with Gasteiger partial charge >= 0.3 is 0 Å². The van der Waals surface area contributed by atoms with Crippen LogP contribution >= 0.6 is 0 Å². The Labute approximate surface area is 152 Å². The first-order valence-electron chi connectivity index (χ1n) is 12.0. The van der Waals surface area contributed by atoms with Crippen molar-refractivity contribution in [3.63, 3.8) is 0 Å². The van der Waals surface area contributed by atoms with E-state index < -0.39 is 0 Å². The van der Waals surface area contributed by atoms with Crippen molar-refractivity contribution in [2.75, 3.05) is 0 Å². The van der Waals surface area contributed by atoms with E-state index in [1.807, 2.05) is 0 Å². The van der Waals surface area contributed by atoms with Gasteiger partial charge in [0.1, 0.15) is 0 Å². The van der Waals surface area contributed by atoms with E-state index in [0.717, 1.165) is 39.9 Å². The molecule has 9 atom stereocenters. The molecule has 0 aromatic heterocycles. The molecule has 0 saturated heterocycles. The van der Waals surface area contributed by atoms with Gasteiger partial charge in [0.15, 0.2) is 0 Å².